The van der Waals surface area contributed by atoms with E-state index in [1.54, 1.807) is 6.20 Å². The summed E-state index contributed by atoms with van der Waals surface area (Å²) in [4.78, 5) is 40.3. The van der Waals surface area contributed by atoms with Crippen LogP contribution in [-0.2, 0) is 13.0 Å². The van der Waals surface area contributed by atoms with Crippen molar-refractivity contribution in [3.8, 4) is 0 Å². The van der Waals surface area contributed by atoms with E-state index in [9.17, 15) is 14.0 Å². The standard InChI is InChI=1S/C20H23FN6O2S/c1-3-12-8-15-20(25-18(12)28)30-16(24-15)11-26-4-6-27(7-5-26)13-9-14(21)17(23-10-13)19(29)22-2/h8-10H,3-7,11H2,1-2H3,(H,22,29)(H,25,28). The molecule has 4 rings (SSSR count). The number of carbonyl (C=O) groups is 1. The molecule has 3 aromatic rings. The lowest BCUT2D eigenvalue weighted by Crippen LogP contribution is -2.46. The number of nitrogens with one attached hydrogen (secondary N) is 2. The van der Waals surface area contributed by atoms with Crippen molar-refractivity contribution in [3.05, 3.63) is 50.8 Å². The van der Waals surface area contributed by atoms with Gasteiger partial charge in [-0.05, 0) is 12.5 Å². The third-order valence-electron chi connectivity index (χ3n) is 5.27. The number of nitrogens with zero attached hydrogens (tertiary/aromatic N) is 4. The molecule has 1 saturated heterocycles. The van der Waals surface area contributed by atoms with Crippen LogP contribution in [0.4, 0.5) is 10.1 Å². The van der Waals surface area contributed by atoms with Crippen LogP contribution in [0.2, 0.25) is 0 Å². The first-order chi connectivity index (χ1) is 14.5. The van der Waals surface area contributed by atoms with Gasteiger partial charge < -0.3 is 15.2 Å². The van der Waals surface area contributed by atoms with Crippen LogP contribution in [0.5, 0.6) is 0 Å². The van der Waals surface area contributed by atoms with Crippen molar-refractivity contribution in [3.63, 3.8) is 0 Å². The Morgan fingerprint density at radius 3 is 2.73 bits per heavy atom. The number of thiazole rings is 1. The third kappa shape index (κ3) is 4.05. The normalized spacial score (nSPS) is 15.0. The molecule has 1 aliphatic heterocycles. The van der Waals surface area contributed by atoms with Crippen molar-refractivity contribution in [1.82, 2.24) is 25.2 Å². The van der Waals surface area contributed by atoms with Crippen molar-refractivity contribution in [2.24, 2.45) is 0 Å². The molecule has 0 aliphatic carbocycles. The number of anilines is 1. The molecule has 1 amide bonds. The Kier molecular flexibility index (Phi) is 5.78. The van der Waals surface area contributed by atoms with Crippen LogP contribution in [-0.4, -0.2) is 59.0 Å². The van der Waals surface area contributed by atoms with Gasteiger partial charge in [0.1, 0.15) is 9.84 Å². The van der Waals surface area contributed by atoms with Gasteiger partial charge in [0.05, 0.1) is 23.9 Å². The molecular formula is C20H23FN6O2S. The molecule has 8 nitrogen and oxygen atoms in total. The minimum absolute atomic E-state index is 0.0444. The van der Waals surface area contributed by atoms with E-state index in [-0.39, 0.29) is 11.3 Å². The highest BCUT2D eigenvalue weighted by Crippen LogP contribution is 2.23. The molecule has 1 fully saturated rings. The molecule has 0 bridgehead atoms. The molecule has 0 aromatic carbocycles. The molecule has 10 heteroatoms. The summed E-state index contributed by atoms with van der Waals surface area (Å²) in [5.41, 5.74) is 2.01. The summed E-state index contributed by atoms with van der Waals surface area (Å²) in [5, 5.41) is 3.35. The van der Waals surface area contributed by atoms with Gasteiger partial charge >= 0.3 is 0 Å². The van der Waals surface area contributed by atoms with Crippen LogP contribution in [0.25, 0.3) is 10.3 Å². The van der Waals surface area contributed by atoms with Crippen molar-refractivity contribution < 1.29 is 9.18 Å². The van der Waals surface area contributed by atoms with Crippen molar-refractivity contribution in [1.29, 1.82) is 0 Å². The Morgan fingerprint density at radius 1 is 1.30 bits per heavy atom. The van der Waals surface area contributed by atoms with Gasteiger partial charge in [0.25, 0.3) is 11.5 Å². The quantitative estimate of drug-likeness (QED) is 0.641. The van der Waals surface area contributed by atoms with Crippen LogP contribution in [0.3, 0.4) is 0 Å². The lowest BCUT2D eigenvalue weighted by Gasteiger charge is -2.35. The van der Waals surface area contributed by atoms with Crippen LogP contribution < -0.4 is 15.8 Å². The summed E-state index contributed by atoms with van der Waals surface area (Å²) in [7, 11) is 1.45. The monoisotopic (exact) mass is 430 g/mol. The molecule has 2 N–H and O–H groups in total. The fraction of sp³-hybridized carbons (Fsp3) is 0.400. The first-order valence-corrected chi connectivity index (χ1v) is 10.7. The molecule has 0 saturated carbocycles. The highest BCUT2D eigenvalue weighted by atomic mass is 32.1. The van der Waals surface area contributed by atoms with Crippen LogP contribution >= 0.6 is 11.3 Å². The van der Waals surface area contributed by atoms with Crippen molar-refractivity contribution in [2.45, 2.75) is 19.9 Å². The van der Waals surface area contributed by atoms with Gasteiger partial charge in [0, 0.05) is 44.9 Å². The zero-order chi connectivity index (χ0) is 21.3. The maximum Gasteiger partial charge on any atom is 0.272 e. The van der Waals surface area contributed by atoms with Crippen molar-refractivity contribution in [2.75, 3.05) is 38.1 Å². The minimum Gasteiger partial charge on any atom is -0.368 e. The van der Waals surface area contributed by atoms with Gasteiger partial charge in [-0.3, -0.25) is 14.5 Å². The summed E-state index contributed by atoms with van der Waals surface area (Å²) >= 11 is 1.51. The number of H-pyrrole nitrogens is 1. The molecule has 1 aliphatic rings. The lowest BCUT2D eigenvalue weighted by atomic mass is 10.2. The molecule has 0 radical (unpaired) electrons. The molecular weight excluding hydrogens is 407 g/mol. The van der Waals surface area contributed by atoms with E-state index < -0.39 is 11.7 Å². The van der Waals surface area contributed by atoms with E-state index >= 15 is 0 Å². The zero-order valence-corrected chi connectivity index (χ0v) is 17.7. The Labute approximate surface area is 176 Å². The number of aromatic nitrogens is 3. The number of aromatic amines is 1. The largest absolute Gasteiger partial charge is 0.368 e. The van der Waals surface area contributed by atoms with E-state index in [2.05, 4.69) is 30.1 Å². The molecule has 0 spiro atoms. The van der Waals surface area contributed by atoms with Gasteiger partial charge in [-0.2, -0.15) is 0 Å². The molecule has 3 aromatic heterocycles. The van der Waals surface area contributed by atoms with Crippen LogP contribution in [0, 0.1) is 5.82 Å². The number of carbonyl (C=O) groups excluding carboxylic acids is 1. The average Bonchev–Trinajstić information content (AvgIpc) is 3.13. The summed E-state index contributed by atoms with van der Waals surface area (Å²) in [6, 6.07) is 3.23. The number of rotatable bonds is 5. The Bertz CT molecular complexity index is 1140. The predicted octanol–water partition coefficient (Wildman–Crippen LogP) is 1.76. The minimum atomic E-state index is -0.621. The van der Waals surface area contributed by atoms with Gasteiger partial charge in [-0.1, -0.05) is 18.3 Å². The van der Waals surface area contributed by atoms with E-state index in [1.165, 1.54) is 24.5 Å². The number of hydrogen-bond donors (Lipinski definition) is 2. The lowest BCUT2D eigenvalue weighted by molar-refractivity contribution is 0.0953. The predicted molar refractivity (Wildman–Crippen MR) is 115 cm³/mol. The number of aryl methyl sites for hydroxylation is 1. The number of amides is 1. The molecule has 30 heavy (non-hydrogen) atoms. The van der Waals surface area contributed by atoms with E-state index in [1.807, 2.05) is 13.0 Å². The fourth-order valence-corrected chi connectivity index (χ4v) is 4.53. The van der Waals surface area contributed by atoms with Gasteiger partial charge in [0.15, 0.2) is 11.5 Å². The first kappa shape index (κ1) is 20.4. The zero-order valence-electron chi connectivity index (χ0n) is 16.9. The second kappa shape index (κ2) is 8.49. The Balaban J connectivity index is 1.40. The summed E-state index contributed by atoms with van der Waals surface area (Å²) in [5.74, 6) is -1.16. The molecule has 158 valence electrons. The smallest absolute Gasteiger partial charge is 0.272 e. The maximum atomic E-state index is 14.2. The number of piperazine rings is 1. The highest BCUT2D eigenvalue weighted by molar-refractivity contribution is 7.18. The highest BCUT2D eigenvalue weighted by Gasteiger charge is 2.21. The Hall–Kier alpha value is -2.85. The summed E-state index contributed by atoms with van der Waals surface area (Å²) < 4.78 is 14.2. The topological polar surface area (TPSA) is 94.2 Å². The van der Waals surface area contributed by atoms with E-state index in [4.69, 9.17) is 0 Å². The number of halogens is 1. The van der Waals surface area contributed by atoms with E-state index in [0.29, 0.717) is 18.7 Å². The number of hydrogen-bond acceptors (Lipinski definition) is 7. The molecule has 0 atom stereocenters. The third-order valence-corrected chi connectivity index (χ3v) is 6.24. The second-order valence-corrected chi connectivity index (χ2v) is 8.25. The summed E-state index contributed by atoms with van der Waals surface area (Å²) in [6.45, 7) is 5.71. The summed E-state index contributed by atoms with van der Waals surface area (Å²) in [6.07, 6.45) is 2.22. The maximum absolute atomic E-state index is 14.2. The van der Waals surface area contributed by atoms with Gasteiger partial charge in [-0.15, -0.1) is 0 Å². The van der Waals surface area contributed by atoms with Gasteiger partial charge in [-0.25, -0.2) is 14.4 Å². The number of pyridine rings is 2. The van der Waals surface area contributed by atoms with Crippen LogP contribution in [0.15, 0.2) is 23.1 Å². The number of fused-ring (bicyclic) bond motifs is 1. The first-order valence-electron chi connectivity index (χ1n) is 9.85. The van der Waals surface area contributed by atoms with Crippen molar-refractivity contribution >= 4 is 33.3 Å². The average molecular weight is 431 g/mol. The SMILES string of the molecule is CCc1cc2nc(CN3CCN(c4cnc(C(=O)NC)c(F)c4)CC3)sc2[nH]c1=O. The molecule has 4 heterocycles. The second-order valence-electron chi connectivity index (χ2n) is 7.17. The Morgan fingerprint density at radius 2 is 2.07 bits per heavy atom. The van der Waals surface area contributed by atoms with E-state index in [0.717, 1.165) is 47.1 Å². The van der Waals surface area contributed by atoms with Gasteiger partial charge in [0.2, 0.25) is 0 Å². The fourth-order valence-electron chi connectivity index (χ4n) is 3.55. The van der Waals surface area contributed by atoms with Crippen LogP contribution in [0.1, 0.15) is 28.0 Å². The molecule has 0 unspecified atom stereocenters.